The number of hydrogen-bond donors (Lipinski definition) is 1. The van der Waals surface area contributed by atoms with Gasteiger partial charge in [-0.15, -0.1) is 0 Å². The molecule has 2 aromatic rings. The molecule has 0 heterocycles. The number of sulfonamides is 1. The van der Waals surface area contributed by atoms with Crippen molar-refractivity contribution >= 4 is 33.2 Å². The standard InChI is InChI=1S/C21H24ClF3N2O3S/c1-15(16-7-4-3-5-8-16)14-26-20(28)9-6-12-27(31(2,29)30)17-10-11-19(22)18(13-17)21(23,24)25/h3-5,7-8,10-11,13,15H,6,9,12,14H2,1-2H3,(H,26,28). The molecule has 0 spiro atoms. The molecule has 170 valence electrons. The molecule has 0 aromatic heterocycles. The Hall–Kier alpha value is -2.26. The van der Waals surface area contributed by atoms with Crippen LogP contribution in [-0.4, -0.2) is 33.7 Å². The number of rotatable bonds is 9. The third-order valence-electron chi connectivity index (χ3n) is 4.68. The average Bonchev–Trinajstić information content (AvgIpc) is 2.69. The summed E-state index contributed by atoms with van der Waals surface area (Å²) < 4.78 is 64.5. The fourth-order valence-electron chi connectivity index (χ4n) is 3.01. The fraction of sp³-hybridized carbons (Fsp3) is 0.381. The van der Waals surface area contributed by atoms with Crippen LogP contribution in [0.5, 0.6) is 0 Å². The number of halogens is 4. The van der Waals surface area contributed by atoms with Crippen molar-refractivity contribution in [3.05, 3.63) is 64.7 Å². The van der Waals surface area contributed by atoms with Crippen LogP contribution in [0.25, 0.3) is 0 Å². The molecule has 0 aliphatic heterocycles. The van der Waals surface area contributed by atoms with Crippen molar-refractivity contribution in [2.75, 3.05) is 23.7 Å². The lowest BCUT2D eigenvalue weighted by Gasteiger charge is -2.23. The van der Waals surface area contributed by atoms with Crippen molar-refractivity contribution in [1.82, 2.24) is 5.32 Å². The largest absolute Gasteiger partial charge is 0.417 e. The number of nitrogens with zero attached hydrogens (tertiary/aromatic N) is 1. The number of anilines is 1. The van der Waals surface area contributed by atoms with Crippen molar-refractivity contribution < 1.29 is 26.4 Å². The van der Waals surface area contributed by atoms with E-state index in [0.29, 0.717) is 12.6 Å². The summed E-state index contributed by atoms with van der Waals surface area (Å²) in [6, 6.07) is 12.6. The van der Waals surface area contributed by atoms with Gasteiger partial charge in [0.05, 0.1) is 22.5 Å². The SMILES string of the molecule is CC(CNC(=O)CCCN(c1ccc(Cl)c(C(F)(F)F)c1)S(C)(=O)=O)c1ccccc1. The Balaban J connectivity index is 1.98. The number of carbonyl (C=O) groups is 1. The first kappa shape index (κ1) is 25.0. The summed E-state index contributed by atoms with van der Waals surface area (Å²) in [5.74, 6) is -0.157. The van der Waals surface area contributed by atoms with Crippen LogP contribution in [0.1, 0.15) is 36.8 Å². The lowest BCUT2D eigenvalue weighted by atomic mass is 10.0. The molecule has 1 amide bonds. The molecular formula is C21H24ClF3N2O3S. The van der Waals surface area contributed by atoms with Gasteiger partial charge in [0.25, 0.3) is 0 Å². The Morgan fingerprint density at radius 1 is 1.16 bits per heavy atom. The van der Waals surface area contributed by atoms with E-state index in [1.54, 1.807) is 0 Å². The molecule has 0 saturated carbocycles. The van der Waals surface area contributed by atoms with E-state index < -0.39 is 26.8 Å². The van der Waals surface area contributed by atoms with Gasteiger partial charge in [-0.05, 0) is 36.1 Å². The van der Waals surface area contributed by atoms with E-state index in [4.69, 9.17) is 11.6 Å². The van der Waals surface area contributed by atoms with Crippen LogP contribution in [0.15, 0.2) is 48.5 Å². The lowest BCUT2D eigenvalue weighted by Crippen LogP contribution is -2.33. The predicted octanol–water partition coefficient (Wildman–Crippen LogP) is 4.82. The molecule has 0 saturated heterocycles. The quantitative estimate of drug-likeness (QED) is 0.564. The number of hydrogen-bond acceptors (Lipinski definition) is 3. The van der Waals surface area contributed by atoms with Crippen LogP contribution >= 0.6 is 11.6 Å². The van der Waals surface area contributed by atoms with Crippen molar-refractivity contribution in [2.45, 2.75) is 31.9 Å². The molecule has 0 fully saturated rings. The number of amides is 1. The summed E-state index contributed by atoms with van der Waals surface area (Å²) in [6.07, 6.45) is -3.64. The molecule has 0 aliphatic carbocycles. The van der Waals surface area contributed by atoms with E-state index in [1.807, 2.05) is 37.3 Å². The van der Waals surface area contributed by atoms with Gasteiger partial charge in [0.2, 0.25) is 15.9 Å². The maximum atomic E-state index is 13.1. The summed E-state index contributed by atoms with van der Waals surface area (Å²) in [6.45, 7) is 2.25. The molecule has 1 unspecified atom stereocenters. The predicted molar refractivity (Wildman–Crippen MR) is 116 cm³/mol. The molecule has 0 radical (unpaired) electrons. The van der Waals surface area contributed by atoms with Gasteiger partial charge in [0.15, 0.2) is 0 Å². The van der Waals surface area contributed by atoms with Gasteiger partial charge >= 0.3 is 6.18 Å². The molecule has 10 heteroatoms. The Labute approximate surface area is 185 Å². The minimum atomic E-state index is -4.72. The van der Waals surface area contributed by atoms with E-state index in [9.17, 15) is 26.4 Å². The first-order valence-corrected chi connectivity index (χ1v) is 11.8. The van der Waals surface area contributed by atoms with Gasteiger partial charge in [-0.25, -0.2) is 8.42 Å². The molecule has 5 nitrogen and oxygen atoms in total. The van der Waals surface area contributed by atoms with Crippen molar-refractivity contribution in [2.24, 2.45) is 0 Å². The Bertz CT molecular complexity index is 999. The second-order valence-electron chi connectivity index (χ2n) is 7.22. The van der Waals surface area contributed by atoms with Crippen LogP contribution in [0.4, 0.5) is 18.9 Å². The third-order valence-corrected chi connectivity index (χ3v) is 6.21. The third kappa shape index (κ3) is 7.43. The van der Waals surface area contributed by atoms with E-state index in [-0.39, 0.29) is 36.9 Å². The second-order valence-corrected chi connectivity index (χ2v) is 9.53. The van der Waals surface area contributed by atoms with E-state index in [0.717, 1.165) is 22.2 Å². The molecule has 0 bridgehead atoms. The minimum Gasteiger partial charge on any atom is -0.356 e. The maximum absolute atomic E-state index is 13.1. The van der Waals surface area contributed by atoms with Gasteiger partial charge in [-0.3, -0.25) is 9.10 Å². The van der Waals surface area contributed by atoms with Crippen molar-refractivity contribution in [3.63, 3.8) is 0 Å². The average molecular weight is 477 g/mol. The first-order valence-electron chi connectivity index (χ1n) is 9.55. The number of alkyl halides is 3. The zero-order chi connectivity index (χ0) is 23.2. The van der Waals surface area contributed by atoms with Gasteiger partial charge in [0, 0.05) is 19.5 Å². The smallest absolute Gasteiger partial charge is 0.356 e. The lowest BCUT2D eigenvalue weighted by molar-refractivity contribution is -0.137. The van der Waals surface area contributed by atoms with Crippen molar-refractivity contribution in [3.8, 4) is 0 Å². The highest BCUT2D eigenvalue weighted by Crippen LogP contribution is 2.37. The molecule has 31 heavy (non-hydrogen) atoms. The van der Waals surface area contributed by atoms with Crippen LogP contribution in [0.2, 0.25) is 5.02 Å². The first-order chi connectivity index (χ1) is 14.4. The maximum Gasteiger partial charge on any atom is 0.417 e. The zero-order valence-electron chi connectivity index (χ0n) is 17.1. The fourth-order valence-corrected chi connectivity index (χ4v) is 4.19. The highest BCUT2D eigenvalue weighted by molar-refractivity contribution is 7.92. The molecule has 2 aromatic carbocycles. The highest BCUT2D eigenvalue weighted by Gasteiger charge is 2.34. The molecule has 2 rings (SSSR count). The topological polar surface area (TPSA) is 66.5 Å². The van der Waals surface area contributed by atoms with Crippen LogP contribution in [0.3, 0.4) is 0 Å². The summed E-state index contributed by atoms with van der Waals surface area (Å²) in [4.78, 5) is 12.1. The molecule has 1 N–H and O–H groups in total. The van der Waals surface area contributed by atoms with Gasteiger partial charge in [-0.1, -0.05) is 48.9 Å². The minimum absolute atomic E-state index is 0.0350. The monoisotopic (exact) mass is 476 g/mol. The summed E-state index contributed by atoms with van der Waals surface area (Å²) in [7, 11) is -3.86. The van der Waals surface area contributed by atoms with Gasteiger partial charge < -0.3 is 5.32 Å². The molecular weight excluding hydrogens is 453 g/mol. The normalized spacial score (nSPS) is 13.0. The van der Waals surface area contributed by atoms with E-state index in [1.165, 1.54) is 6.07 Å². The van der Waals surface area contributed by atoms with Crippen LogP contribution in [0, 0.1) is 0 Å². The Morgan fingerprint density at radius 2 is 1.81 bits per heavy atom. The van der Waals surface area contributed by atoms with Gasteiger partial charge in [-0.2, -0.15) is 13.2 Å². The van der Waals surface area contributed by atoms with Gasteiger partial charge in [0.1, 0.15) is 0 Å². The Kier molecular flexibility index (Phi) is 8.36. The van der Waals surface area contributed by atoms with E-state index >= 15 is 0 Å². The summed E-state index contributed by atoms with van der Waals surface area (Å²) in [5.41, 5.74) is -0.195. The molecule has 0 aliphatic rings. The molecule has 1 atom stereocenters. The second kappa shape index (κ2) is 10.4. The van der Waals surface area contributed by atoms with E-state index in [2.05, 4.69) is 5.32 Å². The summed E-state index contributed by atoms with van der Waals surface area (Å²) >= 11 is 5.61. The van der Waals surface area contributed by atoms with Crippen LogP contribution in [-0.2, 0) is 21.0 Å². The summed E-state index contributed by atoms with van der Waals surface area (Å²) in [5, 5.41) is 2.28. The van der Waals surface area contributed by atoms with Crippen molar-refractivity contribution in [1.29, 1.82) is 0 Å². The number of nitrogens with one attached hydrogen (secondary N) is 1. The zero-order valence-corrected chi connectivity index (χ0v) is 18.7. The number of benzene rings is 2. The van der Waals surface area contributed by atoms with Crippen LogP contribution < -0.4 is 9.62 Å². The highest BCUT2D eigenvalue weighted by atomic mass is 35.5. The Morgan fingerprint density at radius 3 is 2.39 bits per heavy atom. The number of carbonyl (C=O) groups excluding carboxylic acids is 1.